The van der Waals surface area contributed by atoms with Crippen molar-refractivity contribution < 1.29 is 13.9 Å². The summed E-state index contributed by atoms with van der Waals surface area (Å²) in [7, 11) is 0. The van der Waals surface area contributed by atoms with Crippen LogP contribution in [0.3, 0.4) is 0 Å². The van der Waals surface area contributed by atoms with E-state index in [2.05, 4.69) is 10.5 Å². The van der Waals surface area contributed by atoms with Gasteiger partial charge in [0.15, 0.2) is 6.61 Å². The molecule has 0 saturated carbocycles. The van der Waals surface area contributed by atoms with Gasteiger partial charge in [0.2, 0.25) is 0 Å². The van der Waals surface area contributed by atoms with Gasteiger partial charge in [0, 0.05) is 0 Å². The maximum absolute atomic E-state index is 13.0. The molecule has 2 aromatic carbocycles. The van der Waals surface area contributed by atoms with Crippen LogP contribution in [-0.2, 0) is 4.79 Å². The largest absolute Gasteiger partial charge is 0.483 e. The molecule has 0 aromatic heterocycles. The van der Waals surface area contributed by atoms with Gasteiger partial charge in [0.25, 0.3) is 5.91 Å². The van der Waals surface area contributed by atoms with Crippen molar-refractivity contribution >= 4 is 12.1 Å². The number of aryl methyl sites for hydroxylation is 2. The predicted molar refractivity (Wildman–Crippen MR) is 88.3 cm³/mol. The van der Waals surface area contributed by atoms with Gasteiger partial charge in [-0.3, -0.25) is 4.79 Å². The van der Waals surface area contributed by atoms with E-state index in [-0.39, 0.29) is 18.3 Å². The van der Waals surface area contributed by atoms with Crippen LogP contribution >= 0.6 is 0 Å². The number of halogens is 1. The predicted octanol–water partition coefficient (Wildman–Crippen LogP) is 3.28. The minimum absolute atomic E-state index is 0.133. The molecule has 0 aliphatic rings. The Hall–Kier alpha value is -2.69. The highest BCUT2D eigenvalue weighted by atomic mass is 19.1. The van der Waals surface area contributed by atoms with Gasteiger partial charge in [-0.2, -0.15) is 5.10 Å². The fraction of sp³-hybridized carbons (Fsp3) is 0.222. The molecule has 5 heteroatoms. The molecule has 2 rings (SSSR count). The van der Waals surface area contributed by atoms with E-state index in [9.17, 15) is 9.18 Å². The molecule has 1 amide bonds. The van der Waals surface area contributed by atoms with Crippen LogP contribution in [0, 0.1) is 26.6 Å². The first-order valence-electron chi connectivity index (χ1n) is 7.24. The van der Waals surface area contributed by atoms with E-state index in [0.29, 0.717) is 11.3 Å². The van der Waals surface area contributed by atoms with E-state index >= 15 is 0 Å². The quantitative estimate of drug-likeness (QED) is 0.680. The van der Waals surface area contributed by atoms with Crippen LogP contribution in [-0.4, -0.2) is 18.7 Å². The SMILES string of the molecule is Cc1ccc(C)c(OCC(=O)N/N=C/c2cccc(F)c2)c1C. The second-order valence-electron chi connectivity index (χ2n) is 5.29. The van der Waals surface area contributed by atoms with Crippen molar-refractivity contribution in [3.63, 3.8) is 0 Å². The number of carbonyl (C=O) groups excluding carboxylic acids is 1. The van der Waals surface area contributed by atoms with Crippen LogP contribution < -0.4 is 10.2 Å². The third-order valence-corrected chi connectivity index (χ3v) is 3.47. The molecule has 120 valence electrons. The van der Waals surface area contributed by atoms with Crippen molar-refractivity contribution in [2.45, 2.75) is 20.8 Å². The Morgan fingerprint density at radius 3 is 2.70 bits per heavy atom. The number of hydrogen-bond donors (Lipinski definition) is 1. The summed E-state index contributed by atoms with van der Waals surface area (Å²) in [6.07, 6.45) is 1.38. The van der Waals surface area contributed by atoms with Crippen LogP contribution in [0.25, 0.3) is 0 Å². The Kier molecular flexibility index (Phi) is 5.46. The molecule has 1 N–H and O–H groups in total. The monoisotopic (exact) mass is 314 g/mol. The number of hydrogen-bond acceptors (Lipinski definition) is 3. The zero-order valence-corrected chi connectivity index (χ0v) is 13.4. The van der Waals surface area contributed by atoms with Crippen LogP contribution in [0.5, 0.6) is 5.75 Å². The zero-order valence-electron chi connectivity index (χ0n) is 13.4. The molecule has 23 heavy (non-hydrogen) atoms. The Labute approximate surface area is 135 Å². The molecule has 0 aliphatic heterocycles. The number of amides is 1. The second-order valence-corrected chi connectivity index (χ2v) is 5.29. The standard InChI is InChI=1S/C18H19FN2O2/c1-12-7-8-13(2)18(14(12)3)23-11-17(22)21-20-10-15-5-4-6-16(19)9-15/h4-10H,11H2,1-3H3,(H,21,22)/b20-10+. The molecule has 0 heterocycles. The summed E-state index contributed by atoms with van der Waals surface area (Å²) in [4.78, 5) is 11.8. The highest BCUT2D eigenvalue weighted by molar-refractivity contribution is 5.82. The number of benzene rings is 2. The molecule has 0 fully saturated rings. The fourth-order valence-corrected chi connectivity index (χ4v) is 2.08. The molecule has 2 aromatic rings. The molecule has 0 radical (unpaired) electrons. The molecule has 0 bridgehead atoms. The van der Waals surface area contributed by atoms with Gasteiger partial charge in [-0.25, -0.2) is 9.82 Å². The average molecular weight is 314 g/mol. The Morgan fingerprint density at radius 1 is 1.22 bits per heavy atom. The summed E-state index contributed by atoms with van der Waals surface area (Å²) >= 11 is 0. The molecule has 0 spiro atoms. The third-order valence-electron chi connectivity index (χ3n) is 3.47. The topological polar surface area (TPSA) is 50.7 Å². The van der Waals surface area contributed by atoms with Crippen molar-refractivity contribution in [3.8, 4) is 5.75 Å². The number of rotatable bonds is 5. The number of ether oxygens (including phenoxy) is 1. The lowest BCUT2D eigenvalue weighted by molar-refractivity contribution is -0.123. The molecular formula is C18H19FN2O2. The van der Waals surface area contributed by atoms with Crippen LogP contribution in [0.2, 0.25) is 0 Å². The highest BCUT2D eigenvalue weighted by Gasteiger charge is 2.08. The highest BCUT2D eigenvalue weighted by Crippen LogP contribution is 2.25. The number of nitrogens with zero attached hydrogens (tertiary/aromatic N) is 1. The van der Waals surface area contributed by atoms with Crippen molar-refractivity contribution in [2.24, 2.45) is 5.10 Å². The van der Waals surface area contributed by atoms with Gasteiger partial charge >= 0.3 is 0 Å². The minimum atomic E-state index is -0.377. The summed E-state index contributed by atoms with van der Waals surface area (Å²) in [6.45, 7) is 5.75. The summed E-state index contributed by atoms with van der Waals surface area (Å²) < 4.78 is 18.6. The first-order valence-corrected chi connectivity index (χ1v) is 7.24. The Bertz CT molecular complexity index is 742. The second kappa shape index (κ2) is 7.54. The third kappa shape index (κ3) is 4.64. The van der Waals surface area contributed by atoms with E-state index < -0.39 is 0 Å². The van der Waals surface area contributed by atoms with Crippen molar-refractivity contribution in [2.75, 3.05) is 6.61 Å². The molecule has 4 nitrogen and oxygen atoms in total. The van der Waals surface area contributed by atoms with E-state index in [1.54, 1.807) is 12.1 Å². The first-order chi connectivity index (χ1) is 11.0. The summed E-state index contributed by atoms with van der Waals surface area (Å²) in [5, 5.41) is 3.79. The van der Waals surface area contributed by atoms with Crippen LogP contribution in [0.15, 0.2) is 41.5 Å². The van der Waals surface area contributed by atoms with Crippen molar-refractivity contribution in [3.05, 3.63) is 64.5 Å². The average Bonchev–Trinajstić information content (AvgIpc) is 2.51. The Balaban J connectivity index is 1.90. The molecule has 0 atom stereocenters. The van der Waals surface area contributed by atoms with E-state index in [1.165, 1.54) is 18.3 Å². The summed E-state index contributed by atoms with van der Waals surface area (Å²) in [6, 6.07) is 9.90. The van der Waals surface area contributed by atoms with Crippen molar-refractivity contribution in [1.29, 1.82) is 0 Å². The first kappa shape index (κ1) is 16.7. The summed E-state index contributed by atoms with van der Waals surface area (Å²) in [5.74, 6) is -0.0128. The smallest absolute Gasteiger partial charge is 0.277 e. The number of nitrogens with one attached hydrogen (secondary N) is 1. The molecule has 0 unspecified atom stereocenters. The fourth-order valence-electron chi connectivity index (χ4n) is 2.08. The maximum Gasteiger partial charge on any atom is 0.277 e. The number of carbonyl (C=O) groups is 1. The van der Waals surface area contributed by atoms with Gasteiger partial charge in [0.1, 0.15) is 11.6 Å². The van der Waals surface area contributed by atoms with E-state index in [0.717, 1.165) is 16.7 Å². The van der Waals surface area contributed by atoms with Crippen LogP contribution in [0.1, 0.15) is 22.3 Å². The maximum atomic E-state index is 13.0. The van der Waals surface area contributed by atoms with Crippen molar-refractivity contribution in [1.82, 2.24) is 5.43 Å². The lowest BCUT2D eigenvalue weighted by atomic mass is 10.1. The normalized spacial score (nSPS) is 10.8. The molecule has 0 aliphatic carbocycles. The van der Waals surface area contributed by atoms with E-state index in [4.69, 9.17) is 4.74 Å². The van der Waals surface area contributed by atoms with E-state index in [1.807, 2.05) is 32.9 Å². The van der Waals surface area contributed by atoms with Crippen LogP contribution in [0.4, 0.5) is 4.39 Å². The van der Waals surface area contributed by atoms with Gasteiger partial charge in [-0.05, 0) is 55.2 Å². The van der Waals surface area contributed by atoms with Gasteiger partial charge in [-0.1, -0.05) is 24.3 Å². The number of hydrazone groups is 1. The molecular weight excluding hydrogens is 295 g/mol. The Morgan fingerprint density at radius 2 is 1.96 bits per heavy atom. The lowest BCUT2D eigenvalue weighted by Gasteiger charge is -2.13. The lowest BCUT2D eigenvalue weighted by Crippen LogP contribution is -2.25. The zero-order chi connectivity index (χ0) is 16.8. The van der Waals surface area contributed by atoms with Gasteiger partial charge in [-0.15, -0.1) is 0 Å². The molecule has 0 saturated heterocycles. The van der Waals surface area contributed by atoms with Gasteiger partial charge < -0.3 is 4.74 Å². The van der Waals surface area contributed by atoms with Gasteiger partial charge in [0.05, 0.1) is 6.21 Å². The minimum Gasteiger partial charge on any atom is -0.483 e. The summed E-state index contributed by atoms with van der Waals surface area (Å²) in [5.41, 5.74) is 6.02.